The Bertz CT molecular complexity index is 345. The Kier molecular flexibility index (Phi) is 4.38. The molecular weight excluding hydrogens is 215 g/mol. The maximum absolute atomic E-state index is 3.27. The Hall–Kier alpha value is -0.850. The van der Waals surface area contributed by atoms with Gasteiger partial charge in [0, 0.05) is 12.7 Å². The molecule has 1 aromatic carbocycles. The predicted octanol–water partition coefficient (Wildman–Crippen LogP) is 2.77. The summed E-state index contributed by atoms with van der Waals surface area (Å²) in [5.41, 5.74) is 5.94. The summed E-state index contributed by atoms with van der Waals surface area (Å²) in [6, 6.07) is 8.85. The molecule has 2 nitrogen and oxygen atoms in total. The molecule has 86 valence electrons. The third kappa shape index (κ3) is 3.07. The zero-order valence-corrected chi connectivity index (χ0v) is 10.7. The van der Waals surface area contributed by atoms with Gasteiger partial charge in [0.25, 0.3) is 0 Å². The van der Waals surface area contributed by atoms with Crippen molar-refractivity contribution in [1.82, 2.24) is 5.43 Å². The molecule has 0 spiro atoms. The van der Waals surface area contributed by atoms with E-state index in [2.05, 4.69) is 53.9 Å². The van der Waals surface area contributed by atoms with Crippen LogP contribution in [0.25, 0.3) is 0 Å². The number of nitrogens with one attached hydrogen (secondary N) is 1. The molecule has 1 aromatic rings. The Morgan fingerprint density at radius 1 is 1.31 bits per heavy atom. The first kappa shape index (κ1) is 11.6. The van der Waals surface area contributed by atoms with Crippen molar-refractivity contribution in [3.8, 4) is 0 Å². The molecule has 1 unspecified atom stereocenters. The van der Waals surface area contributed by atoms with Crippen LogP contribution in [0.15, 0.2) is 36.5 Å². The van der Waals surface area contributed by atoms with Crippen molar-refractivity contribution >= 4 is 14.3 Å². The van der Waals surface area contributed by atoms with Crippen LogP contribution in [0.4, 0.5) is 5.69 Å². The fraction of sp³-hybridized carbons (Fsp3) is 0.385. The molecule has 1 heterocycles. The van der Waals surface area contributed by atoms with Crippen LogP contribution in [-0.2, 0) is 6.42 Å². The molecular formula is C13H19N2P. The van der Waals surface area contributed by atoms with Gasteiger partial charge in [-0.05, 0) is 36.4 Å². The first-order valence-electron chi connectivity index (χ1n) is 5.89. The average Bonchev–Trinajstić information content (AvgIpc) is 2.84. The summed E-state index contributed by atoms with van der Waals surface area (Å²) in [6.45, 7) is 3.19. The summed E-state index contributed by atoms with van der Waals surface area (Å²) < 4.78 is 0. The minimum absolute atomic E-state index is 0.930. The van der Waals surface area contributed by atoms with Crippen molar-refractivity contribution in [2.45, 2.75) is 13.3 Å². The van der Waals surface area contributed by atoms with E-state index in [-0.39, 0.29) is 0 Å². The van der Waals surface area contributed by atoms with Gasteiger partial charge in [0.2, 0.25) is 0 Å². The summed E-state index contributed by atoms with van der Waals surface area (Å²) in [4.78, 5) is 0. The number of hydrazine groups is 1. The van der Waals surface area contributed by atoms with Gasteiger partial charge in [-0.3, -0.25) is 5.01 Å². The van der Waals surface area contributed by atoms with Crippen LogP contribution in [0, 0.1) is 0 Å². The van der Waals surface area contributed by atoms with Crippen LogP contribution >= 0.6 is 8.58 Å². The lowest BCUT2D eigenvalue weighted by atomic mass is 10.1. The number of rotatable bonds is 5. The van der Waals surface area contributed by atoms with Gasteiger partial charge in [0.15, 0.2) is 0 Å². The standard InChI is InChI=1S/C13H19N2P/c1-2-16-11-8-12-4-6-13(7-5-12)15-10-3-9-14-15/h3-7,10,14,16H,2,8-9,11H2,1H3. The Balaban J connectivity index is 1.91. The van der Waals surface area contributed by atoms with E-state index in [9.17, 15) is 0 Å². The van der Waals surface area contributed by atoms with Crippen LogP contribution in [-0.4, -0.2) is 18.9 Å². The molecule has 0 fully saturated rings. The quantitative estimate of drug-likeness (QED) is 0.622. The van der Waals surface area contributed by atoms with E-state index in [1.54, 1.807) is 0 Å². The Morgan fingerprint density at radius 3 is 2.75 bits per heavy atom. The largest absolute Gasteiger partial charge is 0.284 e. The fourth-order valence-corrected chi connectivity index (χ4v) is 2.59. The lowest BCUT2D eigenvalue weighted by Gasteiger charge is -2.16. The third-order valence-electron chi connectivity index (χ3n) is 2.69. The highest BCUT2D eigenvalue weighted by Crippen LogP contribution is 2.18. The second-order valence-electron chi connectivity index (χ2n) is 3.89. The second kappa shape index (κ2) is 6.03. The molecule has 0 saturated heterocycles. The minimum Gasteiger partial charge on any atom is -0.284 e. The van der Waals surface area contributed by atoms with Gasteiger partial charge in [0.05, 0.1) is 5.69 Å². The van der Waals surface area contributed by atoms with Crippen molar-refractivity contribution in [3.05, 3.63) is 42.1 Å². The van der Waals surface area contributed by atoms with E-state index >= 15 is 0 Å². The summed E-state index contributed by atoms with van der Waals surface area (Å²) in [7, 11) is 1.11. The molecule has 0 saturated carbocycles. The number of hydrogen-bond acceptors (Lipinski definition) is 2. The first-order valence-corrected chi connectivity index (χ1v) is 7.30. The molecule has 0 aliphatic carbocycles. The van der Waals surface area contributed by atoms with Crippen molar-refractivity contribution < 1.29 is 0 Å². The van der Waals surface area contributed by atoms with Gasteiger partial charge >= 0.3 is 0 Å². The normalized spacial score (nSPS) is 15.4. The molecule has 0 bridgehead atoms. The molecule has 0 aromatic heterocycles. The smallest absolute Gasteiger partial charge is 0.0570 e. The second-order valence-corrected chi connectivity index (χ2v) is 5.59. The zero-order valence-electron chi connectivity index (χ0n) is 9.74. The molecule has 3 heteroatoms. The van der Waals surface area contributed by atoms with Crippen molar-refractivity contribution in [2.75, 3.05) is 23.9 Å². The van der Waals surface area contributed by atoms with Gasteiger partial charge in [-0.2, -0.15) is 0 Å². The van der Waals surface area contributed by atoms with Crippen LogP contribution in [0.2, 0.25) is 0 Å². The Labute approximate surface area is 99.5 Å². The predicted molar refractivity (Wildman–Crippen MR) is 73.5 cm³/mol. The highest BCUT2D eigenvalue weighted by molar-refractivity contribution is 7.37. The highest BCUT2D eigenvalue weighted by Gasteiger charge is 2.05. The first-order chi connectivity index (χ1) is 7.90. The van der Waals surface area contributed by atoms with E-state index in [1.165, 1.54) is 30.0 Å². The van der Waals surface area contributed by atoms with Gasteiger partial charge in [-0.25, -0.2) is 5.43 Å². The average molecular weight is 234 g/mol. The monoisotopic (exact) mass is 234 g/mol. The van der Waals surface area contributed by atoms with Gasteiger partial charge in [0.1, 0.15) is 0 Å². The molecule has 0 amide bonds. The van der Waals surface area contributed by atoms with Crippen molar-refractivity contribution in [2.24, 2.45) is 0 Å². The van der Waals surface area contributed by atoms with E-state index in [1.807, 2.05) is 0 Å². The zero-order chi connectivity index (χ0) is 11.2. The van der Waals surface area contributed by atoms with Gasteiger partial charge in [-0.1, -0.05) is 25.1 Å². The Morgan fingerprint density at radius 2 is 2.12 bits per heavy atom. The highest BCUT2D eigenvalue weighted by atomic mass is 31.1. The van der Waals surface area contributed by atoms with Crippen LogP contribution < -0.4 is 10.4 Å². The number of anilines is 1. The number of benzene rings is 1. The van der Waals surface area contributed by atoms with Crippen molar-refractivity contribution in [1.29, 1.82) is 0 Å². The summed E-state index contributed by atoms with van der Waals surface area (Å²) in [5, 5.41) is 2.07. The van der Waals surface area contributed by atoms with Crippen molar-refractivity contribution in [3.63, 3.8) is 0 Å². The summed E-state index contributed by atoms with van der Waals surface area (Å²) in [5.74, 6) is 0. The summed E-state index contributed by atoms with van der Waals surface area (Å²) >= 11 is 0. The molecule has 2 rings (SSSR count). The van der Waals surface area contributed by atoms with Crippen LogP contribution in [0.3, 0.4) is 0 Å². The number of nitrogens with zero attached hydrogens (tertiary/aromatic N) is 1. The SMILES string of the molecule is CCPCCc1ccc(N2C=CCN2)cc1. The number of aryl methyl sites for hydroxylation is 1. The van der Waals surface area contributed by atoms with E-state index < -0.39 is 0 Å². The van der Waals surface area contributed by atoms with Gasteiger partial charge in [-0.15, -0.1) is 8.58 Å². The molecule has 1 N–H and O–H groups in total. The fourth-order valence-electron chi connectivity index (χ4n) is 1.77. The maximum Gasteiger partial charge on any atom is 0.0570 e. The maximum atomic E-state index is 3.27. The lowest BCUT2D eigenvalue weighted by Crippen LogP contribution is -2.27. The molecule has 0 radical (unpaired) electrons. The van der Waals surface area contributed by atoms with Crippen LogP contribution in [0.5, 0.6) is 0 Å². The molecule has 16 heavy (non-hydrogen) atoms. The van der Waals surface area contributed by atoms with Crippen LogP contribution in [0.1, 0.15) is 12.5 Å². The van der Waals surface area contributed by atoms with E-state index in [4.69, 9.17) is 0 Å². The minimum atomic E-state index is 0.930. The molecule has 1 aliphatic rings. The summed E-state index contributed by atoms with van der Waals surface area (Å²) in [6.07, 6.45) is 8.07. The van der Waals surface area contributed by atoms with E-state index in [0.717, 1.165) is 15.1 Å². The molecule has 1 aliphatic heterocycles. The lowest BCUT2D eigenvalue weighted by molar-refractivity contribution is 0.814. The van der Waals surface area contributed by atoms with Gasteiger partial charge < -0.3 is 0 Å². The topological polar surface area (TPSA) is 15.3 Å². The number of hydrogen-bond donors (Lipinski definition) is 1. The third-order valence-corrected chi connectivity index (χ3v) is 3.79. The van der Waals surface area contributed by atoms with E-state index in [0.29, 0.717) is 0 Å². The molecule has 1 atom stereocenters.